The normalized spacial score (nSPS) is 19.3. The van der Waals surface area contributed by atoms with E-state index in [1.54, 1.807) is 12.1 Å². The molecule has 0 aliphatic heterocycles. The number of pyridine rings is 1. The summed E-state index contributed by atoms with van der Waals surface area (Å²) < 4.78 is 12.4. The summed E-state index contributed by atoms with van der Waals surface area (Å²) >= 11 is 0. The highest BCUT2D eigenvalue weighted by Crippen LogP contribution is 2.39. The van der Waals surface area contributed by atoms with Crippen molar-refractivity contribution in [2.75, 3.05) is 6.54 Å². The van der Waals surface area contributed by atoms with E-state index in [0.29, 0.717) is 29.3 Å². The van der Waals surface area contributed by atoms with Gasteiger partial charge in [-0.15, -0.1) is 0 Å². The van der Waals surface area contributed by atoms with E-state index in [1.165, 1.54) is 31.0 Å². The number of nitrogens with two attached hydrogens (primary N) is 1. The molecule has 0 unspecified atom stereocenters. The van der Waals surface area contributed by atoms with Gasteiger partial charge in [0.05, 0.1) is 5.56 Å². The van der Waals surface area contributed by atoms with Gasteiger partial charge in [-0.3, -0.25) is 4.79 Å². The van der Waals surface area contributed by atoms with Crippen molar-refractivity contribution < 1.29 is 14.0 Å². The molecule has 0 radical (unpaired) electrons. The zero-order valence-corrected chi connectivity index (χ0v) is 21.7. The van der Waals surface area contributed by atoms with E-state index in [0.717, 1.165) is 19.4 Å². The Hall–Kier alpha value is -2.22. The number of carbonyl (C=O) groups excluding carboxylic acids is 1. The van der Waals surface area contributed by atoms with Crippen molar-refractivity contribution >= 4 is 14.2 Å². The Morgan fingerprint density at radius 2 is 1.88 bits per heavy atom. The molecule has 7 heteroatoms. The average Bonchev–Trinajstić information content (AvgIpc) is 2.74. The smallest absolute Gasteiger partial charge is 0.250 e. The Morgan fingerprint density at radius 3 is 2.48 bits per heavy atom. The summed E-state index contributed by atoms with van der Waals surface area (Å²) in [7, 11) is -1.71. The van der Waals surface area contributed by atoms with Gasteiger partial charge in [-0.1, -0.05) is 32.9 Å². The molecule has 1 fully saturated rings. The molecule has 6 nitrogen and oxygen atoms in total. The first kappa shape index (κ1) is 25.4. The summed E-state index contributed by atoms with van der Waals surface area (Å²) in [6.45, 7) is 12.6. The van der Waals surface area contributed by atoms with E-state index in [4.69, 9.17) is 14.9 Å². The lowest BCUT2D eigenvalue weighted by Crippen LogP contribution is -2.47. The highest BCUT2D eigenvalue weighted by molar-refractivity contribution is 6.74. The maximum atomic E-state index is 11.1. The molecule has 1 heterocycles. The van der Waals surface area contributed by atoms with E-state index in [2.05, 4.69) is 56.3 Å². The Kier molecular flexibility index (Phi) is 8.32. The lowest BCUT2D eigenvalue weighted by atomic mass is 9.93. The first-order valence-electron chi connectivity index (χ1n) is 12.0. The number of hydrogen-bond acceptors (Lipinski definition) is 5. The third-order valence-electron chi connectivity index (χ3n) is 6.91. The summed E-state index contributed by atoms with van der Waals surface area (Å²) in [4.78, 5) is 15.3. The molecule has 2 aromatic rings. The van der Waals surface area contributed by atoms with Crippen LogP contribution in [0, 0.1) is 0 Å². The van der Waals surface area contributed by atoms with Crippen molar-refractivity contribution in [2.45, 2.75) is 83.2 Å². The van der Waals surface area contributed by atoms with Crippen LogP contribution in [-0.4, -0.2) is 37.9 Å². The number of nitrogens with one attached hydrogen (secondary N) is 1. The van der Waals surface area contributed by atoms with E-state index in [-0.39, 0.29) is 5.04 Å². The van der Waals surface area contributed by atoms with E-state index in [9.17, 15) is 4.79 Å². The second-order valence-electron chi connectivity index (χ2n) is 10.6. The number of benzene rings is 1. The monoisotopic (exact) mass is 469 g/mol. The summed E-state index contributed by atoms with van der Waals surface area (Å²) in [5.74, 6) is 0.643. The van der Waals surface area contributed by atoms with Gasteiger partial charge in [0.1, 0.15) is 5.75 Å². The topological polar surface area (TPSA) is 86.5 Å². The fourth-order valence-electron chi connectivity index (χ4n) is 3.88. The molecule has 0 bridgehead atoms. The van der Waals surface area contributed by atoms with Crippen molar-refractivity contribution in [1.29, 1.82) is 0 Å². The van der Waals surface area contributed by atoms with Gasteiger partial charge in [-0.2, -0.15) is 0 Å². The lowest BCUT2D eigenvalue weighted by Gasteiger charge is -2.41. The summed E-state index contributed by atoms with van der Waals surface area (Å²) in [5, 5.41) is 4.01. The molecule has 1 aliphatic rings. The number of primary amides is 1. The number of hydrogen-bond donors (Lipinski definition) is 2. The molecular formula is C26H39N3O3Si. The van der Waals surface area contributed by atoms with Gasteiger partial charge in [-0.25, -0.2) is 4.98 Å². The molecule has 1 aliphatic carbocycles. The minimum absolute atomic E-state index is 0.256. The molecule has 0 spiro atoms. The van der Waals surface area contributed by atoms with Crippen molar-refractivity contribution in [2.24, 2.45) is 5.73 Å². The highest BCUT2D eigenvalue weighted by atomic mass is 28.4. The Bertz CT molecular complexity index is 908. The van der Waals surface area contributed by atoms with E-state index in [1.807, 2.05) is 12.1 Å². The molecule has 1 aromatic heterocycles. The molecule has 33 heavy (non-hydrogen) atoms. The molecule has 2 atom stereocenters. The maximum absolute atomic E-state index is 11.1. The predicted molar refractivity (Wildman–Crippen MR) is 135 cm³/mol. The Labute approximate surface area is 199 Å². The Balaban J connectivity index is 1.43. The standard InChI is InChI=1S/C26H39N3O3Si/c1-26(2,3)33(4,5)32-23-8-6-7-21(17-23)28-16-15-19-9-12-22(13-10-19)31-24-14-11-20(18-29-24)25(27)30/h9-14,18,21,23,28H,6-8,15-17H2,1-5H3,(H2,27,30)/t21-,23-/m0/s1. The SMILES string of the molecule is CC(C)(C)[Si](C)(C)O[C@H]1CCC[C@H](NCCc2ccc(Oc3ccc(C(N)=O)cn3)cc2)C1. The number of carbonyl (C=O) groups is 1. The summed E-state index contributed by atoms with van der Waals surface area (Å²) in [6, 6.07) is 11.8. The van der Waals surface area contributed by atoms with Gasteiger partial charge in [0, 0.05) is 24.4 Å². The molecule has 1 amide bonds. The van der Waals surface area contributed by atoms with Gasteiger partial charge >= 0.3 is 0 Å². The van der Waals surface area contributed by atoms with E-state index >= 15 is 0 Å². The third kappa shape index (κ3) is 7.38. The van der Waals surface area contributed by atoms with Crippen LogP contribution >= 0.6 is 0 Å². The second-order valence-corrected chi connectivity index (χ2v) is 15.3. The molecule has 3 rings (SSSR count). The van der Waals surface area contributed by atoms with Crippen LogP contribution in [0.5, 0.6) is 11.6 Å². The number of rotatable bonds is 9. The van der Waals surface area contributed by atoms with Crippen LogP contribution in [0.15, 0.2) is 42.6 Å². The van der Waals surface area contributed by atoms with Crippen molar-refractivity contribution in [1.82, 2.24) is 10.3 Å². The minimum Gasteiger partial charge on any atom is -0.439 e. The van der Waals surface area contributed by atoms with Crippen LogP contribution in [0.25, 0.3) is 0 Å². The summed E-state index contributed by atoms with van der Waals surface area (Å²) in [6.07, 6.45) is 7.54. The van der Waals surface area contributed by atoms with Crippen LogP contribution in [0.2, 0.25) is 18.1 Å². The minimum atomic E-state index is -1.71. The number of nitrogens with zero attached hydrogens (tertiary/aromatic N) is 1. The highest BCUT2D eigenvalue weighted by Gasteiger charge is 2.40. The summed E-state index contributed by atoms with van der Waals surface area (Å²) in [5.41, 5.74) is 6.86. The number of ether oxygens (including phenoxy) is 1. The van der Waals surface area contributed by atoms with Gasteiger partial charge in [0.2, 0.25) is 11.8 Å². The zero-order chi connectivity index (χ0) is 24.1. The Morgan fingerprint density at radius 1 is 1.15 bits per heavy atom. The van der Waals surface area contributed by atoms with Crippen LogP contribution in [0.3, 0.4) is 0 Å². The van der Waals surface area contributed by atoms with Gasteiger partial charge < -0.3 is 20.2 Å². The first-order chi connectivity index (χ1) is 15.5. The average molecular weight is 470 g/mol. The van der Waals surface area contributed by atoms with E-state index < -0.39 is 14.2 Å². The fourth-order valence-corrected chi connectivity index (χ4v) is 5.28. The van der Waals surface area contributed by atoms with Crippen molar-refractivity contribution in [3.63, 3.8) is 0 Å². The number of amides is 1. The second kappa shape index (κ2) is 10.8. The quantitative estimate of drug-likeness (QED) is 0.478. The maximum Gasteiger partial charge on any atom is 0.250 e. The molecule has 0 saturated heterocycles. The van der Waals surface area contributed by atoms with Crippen molar-refractivity contribution in [3.05, 3.63) is 53.7 Å². The van der Waals surface area contributed by atoms with Crippen LogP contribution in [0.1, 0.15) is 62.4 Å². The lowest BCUT2D eigenvalue weighted by molar-refractivity contribution is 0.1000. The van der Waals surface area contributed by atoms with Crippen molar-refractivity contribution in [3.8, 4) is 11.6 Å². The zero-order valence-electron chi connectivity index (χ0n) is 20.7. The molecule has 1 saturated carbocycles. The number of aromatic nitrogens is 1. The van der Waals surface area contributed by atoms with Crippen LogP contribution < -0.4 is 15.8 Å². The van der Waals surface area contributed by atoms with Crippen LogP contribution in [0.4, 0.5) is 0 Å². The van der Waals surface area contributed by atoms with Gasteiger partial charge in [0.15, 0.2) is 8.32 Å². The van der Waals surface area contributed by atoms with Gasteiger partial charge in [0.25, 0.3) is 0 Å². The molecule has 180 valence electrons. The van der Waals surface area contributed by atoms with Gasteiger partial charge in [-0.05, 0) is 80.5 Å². The largest absolute Gasteiger partial charge is 0.439 e. The predicted octanol–water partition coefficient (Wildman–Crippen LogP) is 5.44. The molecular weight excluding hydrogens is 430 g/mol. The fraction of sp³-hybridized carbons (Fsp3) is 0.538. The van der Waals surface area contributed by atoms with Crippen LogP contribution in [-0.2, 0) is 10.8 Å². The molecule has 1 aromatic carbocycles. The first-order valence-corrected chi connectivity index (χ1v) is 14.9. The third-order valence-corrected chi connectivity index (χ3v) is 11.4. The molecule has 3 N–H and O–H groups in total.